The molecule has 0 fully saturated rings. The number of carbonyl (C=O) groups excluding carboxylic acids is 1. The van der Waals surface area contributed by atoms with Gasteiger partial charge in [0.25, 0.3) is 0 Å². The van der Waals surface area contributed by atoms with Gasteiger partial charge in [-0.15, -0.1) is 6.58 Å². The van der Waals surface area contributed by atoms with Gasteiger partial charge in [-0.1, -0.05) is 19.9 Å². The van der Waals surface area contributed by atoms with Crippen molar-refractivity contribution in [2.45, 2.75) is 20.3 Å². The zero-order valence-corrected chi connectivity index (χ0v) is 5.48. The lowest BCUT2D eigenvalue weighted by molar-refractivity contribution is -0.120. The summed E-state index contributed by atoms with van der Waals surface area (Å²) in [4.78, 5) is 10.7. The van der Waals surface area contributed by atoms with Crippen molar-refractivity contribution in [3.05, 3.63) is 12.7 Å². The van der Waals surface area contributed by atoms with Crippen molar-refractivity contribution in [1.82, 2.24) is 0 Å². The first-order valence-electron chi connectivity index (χ1n) is 2.87. The van der Waals surface area contributed by atoms with Gasteiger partial charge in [0.2, 0.25) is 0 Å². The average Bonchev–Trinajstić information content (AvgIpc) is 1.84. The fourth-order valence-electron chi connectivity index (χ4n) is 0.453. The van der Waals surface area contributed by atoms with Crippen molar-refractivity contribution < 1.29 is 4.79 Å². The third-order valence-corrected chi connectivity index (χ3v) is 1.21. The summed E-state index contributed by atoms with van der Waals surface area (Å²) in [5, 5.41) is 0. The molecule has 1 heteroatoms. The summed E-state index contributed by atoms with van der Waals surface area (Å²) in [5.41, 5.74) is 0. The molecule has 46 valence electrons. The Hall–Kier alpha value is -0.590. The molecule has 0 aromatic rings. The molecule has 0 spiro atoms. The van der Waals surface area contributed by atoms with Crippen molar-refractivity contribution in [3.8, 4) is 0 Å². The molecule has 0 saturated heterocycles. The van der Waals surface area contributed by atoms with Crippen molar-refractivity contribution in [1.29, 1.82) is 0 Å². The first-order valence-corrected chi connectivity index (χ1v) is 2.87. The largest absolute Gasteiger partial charge is 0.299 e. The normalized spacial score (nSPS) is 12.8. The Kier molecular flexibility index (Phi) is 3.16. The highest BCUT2D eigenvalue weighted by Crippen LogP contribution is 1.99. The number of ketones is 1. The maximum absolute atomic E-state index is 10.7. The topological polar surface area (TPSA) is 17.1 Å². The van der Waals surface area contributed by atoms with Crippen LogP contribution in [0.15, 0.2) is 12.7 Å². The highest BCUT2D eigenvalue weighted by Gasteiger charge is 2.03. The molecule has 0 bridgehead atoms. The van der Waals surface area contributed by atoms with E-state index in [2.05, 4.69) is 6.58 Å². The van der Waals surface area contributed by atoms with Crippen LogP contribution in [0.25, 0.3) is 0 Å². The Morgan fingerprint density at radius 3 is 2.50 bits per heavy atom. The van der Waals surface area contributed by atoms with E-state index in [1.165, 1.54) is 0 Å². The SMILES string of the molecule is C=CC(C)C(=O)CC. The fourth-order valence-corrected chi connectivity index (χ4v) is 0.453. The van der Waals surface area contributed by atoms with E-state index < -0.39 is 0 Å². The van der Waals surface area contributed by atoms with Crippen LogP contribution in [-0.4, -0.2) is 5.78 Å². The maximum atomic E-state index is 10.7. The van der Waals surface area contributed by atoms with Gasteiger partial charge in [0, 0.05) is 12.3 Å². The van der Waals surface area contributed by atoms with Crippen molar-refractivity contribution in [2.75, 3.05) is 0 Å². The molecule has 0 aromatic carbocycles. The van der Waals surface area contributed by atoms with Crippen LogP contribution in [0.3, 0.4) is 0 Å². The molecule has 0 aliphatic rings. The van der Waals surface area contributed by atoms with Crippen LogP contribution in [0.2, 0.25) is 0 Å². The van der Waals surface area contributed by atoms with Crippen LogP contribution >= 0.6 is 0 Å². The molecule has 0 aromatic heterocycles. The Balaban J connectivity index is 3.62. The molecule has 1 unspecified atom stereocenters. The first-order chi connectivity index (χ1) is 3.72. The number of allylic oxidation sites excluding steroid dienone is 1. The van der Waals surface area contributed by atoms with Gasteiger partial charge in [0.15, 0.2) is 0 Å². The maximum Gasteiger partial charge on any atom is 0.139 e. The van der Waals surface area contributed by atoms with Gasteiger partial charge in [-0.3, -0.25) is 4.79 Å². The van der Waals surface area contributed by atoms with Crippen LogP contribution in [0.5, 0.6) is 0 Å². The van der Waals surface area contributed by atoms with Gasteiger partial charge in [-0.05, 0) is 0 Å². The molecular formula is C7H12O. The molecule has 1 nitrogen and oxygen atoms in total. The summed E-state index contributed by atoms with van der Waals surface area (Å²) >= 11 is 0. The predicted molar refractivity (Wildman–Crippen MR) is 34.7 cm³/mol. The van der Waals surface area contributed by atoms with Crippen molar-refractivity contribution in [3.63, 3.8) is 0 Å². The van der Waals surface area contributed by atoms with Gasteiger partial charge in [0.05, 0.1) is 0 Å². The lowest BCUT2D eigenvalue weighted by Crippen LogP contribution is -2.04. The molecule has 8 heavy (non-hydrogen) atoms. The molecule has 0 rings (SSSR count). The van der Waals surface area contributed by atoms with Gasteiger partial charge in [0.1, 0.15) is 5.78 Å². The summed E-state index contributed by atoms with van der Waals surface area (Å²) in [6, 6.07) is 0. The first kappa shape index (κ1) is 7.41. The Morgan fingerprint density at radius 1 is 1.88 bits per heavy atom. The quantitative estimate of drug-likeness (QED) is 0.509. The molecule has 0 aliphatic carbocycles. The van der Waals surface area contributed by atoms with E-state index in [4.69, 9.17) is 0 Å². The molecule has 0 aliphatic heterocycles. The van der Waals surface area contributed by atoms with Gasteiger partial charge < -0.3 is 0 Å². The van der Waals surface area contributed by atoms with Crippen LogP contribution < -0.4 is 0 Å². The minimum atomic E-state index is 0.0417. The lowest BCUT2D eigenvalue weighted by atomic mass is 10.1. The Morgan fingerprint density at radius 2 is 2.38 bits per heavy atom. The summed E-state index contributed by atoms with van der Waals surface area (Å²) in [5.74, 6) is 0.306. The number of hydrogen-bond donors (Lipinski definition) is 0. The number of carbonyl (C=O) groups is 1. The molecule has 0 N–H and O–H groups in total. The Bertz CT molecular complexity index is 94.6. The van der Waals surface area contributed by atoms with Gasteiger partial charge in [-0.2, -0.15) is 0 Å². The smallest absolute Gasteiger partial charge is 0.139 e. The van der Waals surface area contributed by atoms with Crippen molar-refractivity contribution in [2.24, 2.45) is 5.92 Å². The second kappa shape index (κ2) is 3.42. The van der Waals surface area contributed by atoms with Gasteiger partial charge in [-0.25, -0.2) is 0 Å². The number of Topliss-reactive ketones (excluding diaryl/α,β-unsaturated/α-hetero) is 1. The molecule has 0 amide bonds. The van der Waals surface area contributed by atoms with Crippen LogP contribution in [0.1, 0.15) is 20.3 Å². The number of hydrogen-bond acceptors (Lipinski definition) is 1. The van der Waals surface area contributed by atoms with Crippen LogP contribution in [-0.2, 0) is 4.79 Å². The molecule has 0 heterocycles. The van der Waals surface area contributed by atoms with Crippen LogP contribution in [0, 0.1) is 5.92 Å². The van der Waals surface area contributed by atoms with E-state index >= 15 is 0 Å². The van der Waals surface area contributed by atoms with Gasteiger partial charge >= 0.3 is 0 Å². The zero-order valence-electron chi connectivity index (χ0n) is 5.48. The van der Waals surface area contributed by atoms with E-state index in [1.54, 1.807) is 6.08 Å². The van der Waals surface area contributed by atoms with E-state index in [1.807, 2.05) is 13.8 Å². The highest BCUT2D eigenvalue weighted by atomic mass is 16.1. The molecule has 0 saturated carbocycles. The second-order valence-electron chi connectivity index (χ2n) is 1.84. The molecule has 1 atom stereocenters. The summed E-state index contributed by atoms with van der Waals surface area (Å²) in [6.07, 6.45) is 2.29. The molecular weight excluding hydrogens is 100 g/mol. The highest BCUT2D eigenvalue weighted by molar-refractivity contribution is 5.81. The Labute approximate surface area is 50.4 Å². The third-order valence-electron chi connectivity index (χ3n) is 1.21. The summed E-state index contributed by atoms with van der Waals surface area (Å²) < 4.78 is 0. The van der Waals surface area contributed by atoms with Crippen molar-refractivity contribution >= 4 is 5.78 Å². The number of rotatable bonds is 3. The summed E-state index contributed by atoms with van der Waals surface area (Å²) in [7, 11) is 0. The monoisotopic (exact) mass is 112 g/mol. The standard InChI is InChI=1S/C7H12O/c1-4-6(3)7(8)5-2/h4,6H,1,5H2,2-3H3. The molecule has 0 radical (unpaired) electrons. The second-order valence-corrected chi connectivity index (χ2v) is 1.84. The third kappa shape index (κ3) is 1.92. The van der Waals surface area contributed by atoms with Crippen LogP contribution in [0.4, 0.5) is 0 Å². The fraction of sp³-hybridized carbons (Fsp3) is 0.571. The average molecular weight is 112 g/mol. The minimum absolute atomic E-state index is 0.0417. The van der Waals surface area contributed by atoms with E-state index in [0.29, 0.717) is 6.42 Å². The van der Waals surface area contributed by atoms with E-state index in [9.17, 15) is 4.79 Å². The van der Waals surface area contributed by atoms with E-state index in [-0.39, 0.29) is 11.7 Å². The van der Waals surface area contributed by atoms with E-state index in [0.717, 1.165) is 0 Å². The lowest BCUT2D eigenvalue weighted by Gasteiger charge is -1.98. The minimum Gasteiger partial charge on any atom is -0.299 e. The zero-order chi connectivity index (χ0) is 6.57. The predicted octanol–water partition coefficient (Wildman–Crippen LogP) is 1.79. The summed E-state index contributed by atoms with van der Waals surface area (Å²) in [6.45, 7) is 7.23.